The minimum atomic E-state index is 0.469. The lowest BCUT2D eigenvalue weighted by atomic mass is 10.1. The second-order valence-electron chi connectivity index (χ2n) is 4.16. The Labute approximate surface area is 128 Å². The van der Waals surface area contributed by atoms with Crippen molar-refractivity contribution in [1.82, 2.24) is 4.98 Å². The van der Waals surface area contributed by atoms with Crippen molar-refractivity contribution in [3.05, 3.63) is 51.9 Å². The fourth-order valence-electron chi connectivity index (χ4n) is 1.91. The number of fused-ring (bicyclic) bond motifs is 1. The van der Waals surface area contributed by atoms with Gasteiger partial charge >= 0.3 is 0 Å². The summed E-state index contributed by atoms with van der Waals surface area (Å²) in [4.78, 5) is 5.12. The number of nitrogens with zero attached hydrogens (tertiary/aromatic N) is 1. The van der Waals surface area contributed by atoms with Gasteiger partial charge in [0.15, 0.2) is 5.13 Å². The molecule has 0 unspecified atom stereocenters. The molecule has 2 aromatic carbocycles. The summed E-state index contributed by atoms with van der Waals surface area (Å²) in [6.45, 7) is 0.469. The summed E-state index contributed by atoms with van der Waals surface area (Å²) in [6.07, 6.45) is 1.76. The Morgan fingerprint density at radius 2 is 2.10 bits per heavy atom. The summed E-state index contributed by atoms with van der Waals surface area (Å²) in [6, 6.07) is 12.2. The molecule has 0 fully saturated rings. The molecule has 1 heterocycles. The Hall–Kier alpha value is -1.63. The first kappa shape index (κ1) is 13.4. The maximum atomic E-state index is 5.84. The minimum absolute atomic E-state index is 0.469. The van der Waals surface area contributed by atoms with Crippen LogP contribution in [0.3, 0.4) is 0 Å². The number of hydrazine groups is 1. The average Bonchev–Trinajstić information content (AvgIpc) is 2.95. The van der Waals surface area contributed by atoms with Gasteiger partial charge in [0.1, 0.15) is 12.4 Å². The van der Waals surface area contributed by atoms with Gasteiger partial charge in [-0.2, -0.15) is 0 Å². The van der Waals surface area contributed by atoms with Crippen molar-refractivity contribution >= 4 is 43.2 Å². The lowest BCUT2D eigenvalue weighted by molar-refractivity contribution is 0.308. The molecular weight excluding hydrogens is 338 g/mol. The summed E-state index contributed by atoms with van der Waals surface area (Å²) >= 11 is 5.08. The number of anilines is 1. The van der Waals surface area contributed by atoms with Crippen LogP contribution in [0.4, 0.5) is 5.13 Å². The molecule has 0 saturated carbocycles. The first-order valence-corrected chi connectivity index (χ1v) is 7.60. The number of nitrogens with two attached hydrogens (primary N) is 1. The molecule has 3 N–H and O–H groups in total. The van der Waals surface area contributed by atoms with E-state index in [1.54, 1.807) is 6.20 Å². The molecule has 0 aliphatic rings. The van der Waals surface area contributed by atoms with Crippen LogP contribution in [0, 0.1) is 0 Å². The highest BCUT2D eigenvalue weighted by atomic mass is 79.9. The van der Waals surface area contributed by atoms with Crippen LogP contribution in [0.1, 0.15) is 4.88 Å². The molecule has 3 aromatic rings. The van der Waals surface area contributed by atoms with Crippen LogP contribution in [0.2, 0.25) is 0 Å². The van der Waals surface area contributed by atoms with Crippen molar-refractivity contribution in [2.75, 3.05) is 5.43 Å². The molecule has 0 amide bonds. The number of halogens is 1. The molecule has 0 saturated heterocycles. The van der Waals surface area contributed by atoms with Crippen molar-refractivity contribution < 1.29 is 4.74 Å². The molecule has 0 bridgehead atoms. The molecule has 0 atom stereocenters. The molecule has 3 rings (SSSR count). The van der Waals surface area contributed by atoms with E-state index in [0.717, 1.165) is 20.5 Å². The Morgan fingerprint density at radius 3 is 2.90 bits per heavy atom. The van der Waals surface area contributed by atoms with Crippen molar-refractivity contribution in [1.29, 1.82) is 0 Å². The van der Waals surface area contributed by atoms with E-state index < -0.39 is 0 Å². The Kier molecular flexibility index (Phi) is 3.86. The Bertz CT molecular complexity index is 744. The van der Waals surface area contributed by atoms with Crippen LogP contribution in [0.15, 0.2) is 47.1 Å². The average molecular weight is 350 g/mol. The maximum Gasteiger partial charge on any atom is 0.197 e. The predicted octanol–water partition coefficient (Wildman–Crippen LogP) is 3.92. The van der Waals surface area contributed by atoms with Crippen LogP contribution in [-0.4, -0.2) is 4.98 Å². The third-order valence-corrected chi connectivity index (χ3v) is 4.59. The third kappa shape index (κ3) is 2.63. The van der Waals surface area contributed by atoms with Crippen molar-refractivity contribution in [2.45, 2.75) is 6.61 Å². The van der Waals surface area contributed by atoms with E-state index in [9.17, 15) is 0 Å². The summed E-state index contributed by atoms with van der Waals surface area (Å²) < 4.78 is 6.81. The number of nitrogens with one attached hydrogen (secondary N) is 1. The highest BCUT2D eigenvalue weighted by Gasteiger charge is 2.07. The number of nitrogen functional groups attached to an aromatic ring is 1. The number of hydrogen-bond acceptors (Lipinski definition) is 5. The maximum absolute atomic E-state index is 5.84. The van der Waals surface area contributed by atoms with Gasteiger partial charge in [0.25, 0.3) is 0 Å². The molecule has 102 valence electrons. The Morgan fingerprint density at radius 1 is 1.25 bits per heavy atom. The van der Waals surface area contributed by atoms with E-state index in [1.165, 1.54) is 16.7 Å². The van der Waals surface area contributed by atoms with E-state index in [4.69, 9.17) is 10.6 Å². The second kappa shape index (κ2) is 5.78. The number of benzene rings is 2. The highest BCUT2D eigenvalue weighted by Crippen LogP contribution is 2.33. The largest absolute Gasteiger partial charge is 0.487 e. The highest BCUT2D eigenvalue weighted by molar-refractivity contribution is 9.10. The lowest BCUT2D eigenvalue weighted by Crippen LogP contribution is -2.05. The van der Waals surface area contributed by atoms with Crippen LogP contribution < -0.4 is 16.0 Å². The molecule has 6 heteroatoms. The number of thiazole rings is 1. The van der Waals surface area contributed by atoms with Gasteiger partial charge < -0.3 is 4.74 Å². The quantitative estimate of drug-likeness (QED) is 0.553. The van der Waals surface area contributed by atoms with Gasteiger partial charge in [-0.1, -0.05) is 41.7 Å². The van der Waals surface area contributed by atoms with Crippen LogP contribution >= 0.6 is 27.3 Å². The summed E-state index contributed by atoms with van der Waals surface area (Å²) in [7, 11) is 0. The molecule has 1 aromatic heterocycles. The first-order chi connectivity index (χ1) is 9.78. The predicted molar refractivity (Wildman–Crippen MR) is 85.9 cm³/mol. The molecule has 0 spiro atoms. The standard InChI is InChI=1S/C14H12BrN3OS/c15-13-11-4-2-1-3-9(11)5-6-12(13)19-8-10-7-17-14(18-16)20-10/h1-7H,8,16H2,(H,17,18). The number of hydrogen-bond donors (Lipinski definition) is 2. The normalized spacial score (nSPS) is 10.7. The Balaban J connectivity index is 1.82. The zero-order valence-corrected chi connectivity index (χ0v) is 12.9. The molecule has 0 radical (unpaired) electrons. The zero-order chi connectivity index (χ0) is 13.9. The third-order valence-electron chi connectivity index (χ3n) is 2.87. The topological polar surface area (TPSA) is 60.2 Å². The second-order valence-corrected chi connectivity index (χ2v) is 6.07. The molecular formula is C14H12BrN3OS. The van der Waals surface area contributed by atoms with Crippen molar-refractivity contribution in [3.8, 4) is 5.75 Å². The molecule has 0 aliphatic heterocycles. The number of ether oxygens (including phenoxy) is 1. The van der Waals surface area contributed by atoms with E-state index in [2.05, 4.69) is 44.5 Å². The van der Waals surface area contributed by atoms with Gasteiger partial charge in [0.2, 0.25) is 0 Å². The number of aromatic nitrogens is 1. The minimum Gasteiger partial charge on any atom is -0.487 e. The van der Waals surface area contributed by atoms with Crippen LogP contribution in [0.25, 0.3) is 10.8 Å². The fourth-order valence-corrected chi connectivity index (χ4v) is 3.16. The van der Waals surface area contributed by atoms with Crippen molar-refractivity contribution in [2.24, 2.45) is 5.84 Å². The van der Waals surface area contributed by atoms with E-state index >= 15 is 0 Å². The van der Waals surface area contributed by atoms with Gasteiger partial charge in [-0.15, -0.1) is 0 Å². The van der Waals surface area contributed by atoms with Gasteiger partial charge in [0.05, 0.1) is 9.35 Å². The zero-order valence-electron chi connectivity index (χ0n) is 10.5. The fraction of sp³-hybridized carbons (Fsp3) is 0.0714. The van der Waals surface area contributed by atoms with Crippen molar-refractivity contribution in [3.63, 3.8) is 0 Å². The van der Waals surface area contributed by atoms with Gasteiger partial charge in [-0.25, -0.2) is 10.8 Å². The smallest absolute Gasteiger partial charge is 0.197 e. The summed E-state index contributed by atoms with van der Waals surface area (Å²) in [5.74, 6) is 6.13. The van der Waals surface area contributed by atoms with E-state index in [0.29, 0.717) is 11.7 Å². The summed E-state index contributed by atoms with van der Waals surface area (Å²) in [5.41, 5.74) is 2.52. The van der Waals surface area contributed by atoms with Gasteiger partial charge in [-0.05, 0) is 32.8 Å². The molecule has 4 nitrogen and oxygen atoms in total. The van der Waals surface area contributed by atoms with E-state index in [-0.39, 0.29) is 0 Å². The van der Waals surface area contributed by atoms with Crippen LogP contribution in [0.5, 0.6) is 5.75 Å². The lowest BCUT2D eigenvalue weighted by Gasteiger charge is -2.09. The molecule has 0 aliphatic carbocycles. The first-order valence-electron chi connectivity index (χ1n) is 5.99. The van der Waals surface area contributed by atoms with Crippen LogP contribution in [-0.2, 0) is 6.61 Å². The SMILES string of the molecule is NNc1ncc(COc2ccc3ccccc3c2Br)s1. The van der Waals surface area contributed by atoms with E-state index in [1.807, 2.05) is 18.2 Å². The number of rotatable bonds is 4. The monoisotopic (exact) mass is 349 g/mol. The molecule has 20 heavy (non-hydrogen) atoms. The van der Waals surface area contributed by atoms with Gasteiger partial charge in [-0.3, -0.25) is 5.43 Å². The summed E-state index contributed by atoms with van der Waals surface area (Å²) in [5, 5.41) is 3.00. The van der Waals surface area contributed by atoms with Gasteiger partial charge in [0, 0.05) is 6.20 Å².